The monoisotopic (exact) mass is 277 g/mol. The molecular weight excluding hydrogens is 250 g/mol. The number of phenols is 1. The Morgan fingerprint density at radius 3 is 2.65 bits per heavy atom. The molecule has 1 saturated heterocycles. The number of aromatic hydroxyl groups is 1. The lowest BCUT2D eigenvalue weighted by atomic mass is 9.84. The van der Waals surface area contributed by atoms with Gasteiger partial charge in [-0.2, -0.15) is 0 Å². The van der Waals surface area contributed by atoms with Gasteiger partial charge < -0.3 is 15.2 Å². The number of methoxy groups -OCH3 is 1. The molecule has 0 saturated carbocycles. The van der Waals surface area contributed by atoms with E-state index in [1.54, 1.807) is 7.11 Å². The van der Waals surface area contributed by atoms with Crippen molar-refractivity contribution in [3.8, 4) is 11.5 Å². The number of hydrogen-bond acceptors (Lipinski definition) is 3. The molecule has 1 aromatic carbocycles. The molecule has 1 unspecified atom stereocenters. The van der Waals surface area contributed by atoms with Crippen molar-refractivity contribution in [3.05, 3.63) is 23.3 Å². The van der Waals surface area contributed by atoms with Gasteiger partial charge in [0.15, 0.2) is 0 Å². The Hall–Kier alpha value is -1.22. The van der Waals surface area contributed by atoms with Crippen molar-refractivity contribution in [2.45, 2.75) is 45.4 Å². The third-order valence-corrected chi connectivity index (χ3v) is 4.11. The number of ether oxygens (including phenoxy) is 1. The van der Waals surface area contributed by atoms with E-state index in [4.69, 9.17) is 4.74 Å². The van der Waals surface area contributed by atoms with Gasteiger partial charge in [-0.1, -0.05) is 20.8 Å². The number of rotatable bonds is 3. The minimum atomic E-state index is -0.0811. The van der Waals surface area contributed by atoms with Crippen LogP contribution < -0.4 is 10.1 Å². The Kier molecular flexibility index (Phi) is 4.59. The van der Waals surface area contributed by atoms with Gasteiger partial charge in [-0.3, -0.25) is 0 Å². The van der Waals surface area contributed by atoms with E-state index in [0.29, 0.717) is 11.7 Å². The summed E-state index contributed by atoms with van der Waals surface area (Å²) >= 11 is 0. The van der Waals surface area contributed by atoms with E-state index < -0.39 is 0 Å². The predicted octanol–water partition coefficient (Wildman–Crippen LogP) is 3.24. The molecule has 2 N–H and O–H groups in total. The molecule has 1 fully saturated rings. The average Bonchev–Trinajstić information content (AvgIpc) is 2.38. The fraction of sp³-hybridized carbons (Fsp3) is 0.647. The first-order chi connectivity index (χ1) is 9.41. The van der Waals surface area contributed by atoms with E-state index >= 15 is 0 Å². The van der Waals surface area contributed by atoms with Crippen LogP contribution in [0.15, 0.2) is 12.1 Å². The predicted molar refractivity (Wildman–Crippen MR) is 82.7 cm³/mol. The summed E-state index contributed by atoms with van der Waals surface area (Å²) in [7, 11) is 1.71. The van der Waals surface area contributed by atoms with Crippen LogP contribution in [0.3, 0.4) is 0 Å². The lowest BCUT2D eigenvalue weighted by Gasteiger charge is -2.26. The van der Waals surface area contributed by atoms with Crippen LogP contribution in [0, 0.1) is 5.92 Å². The molecule has 20 heavy (non-hydrogen) atoms. The van der Waals surface area contributed by atoms with E-state index in [2.05, 4.69) is 26.1 Å². The summed E-state index contributed by atoms with van der Waals surface area (Å²) in [5, 5.41) is 13.7. The van der Waals surface area contributed by atoms with Crippen molar-refractivity contribution in [1.82, 2.24) is 5.32 Å². The van der Waals surface area contributed by atoms with E-state index in [0.717, 1.165) is 36.4 Å². The Morgan fingerprint density at radius 2 is 2.10 bits per heavy atom. The van der Waals surface area contributed by atoms with Gasteiger partial charge in [-0.25, -0.2) is 0 Å². The second kappa shape index (κ2) is 6.04. The van der Waals surface area contributed by atoms with Gasteiger partial charge in [-0.15, -0.1) is 0 Å². The van der Waals surface area contributed by atoms with E-state index in [9.17, 15) is 5.11 Å². The van der Waals surface area contributed by atoms with Gasteiger partial charge in [0.25, 0.3) is 0 Å². The van der Waals surface area contributed by atoms with Gasteiger partial charge in [0.2, 0.25) is 0 Å². The van der Waals surface area contributed by atoms with Gasteiger partial charge in [0.05, 0.1) is 7.11 Å². The molecule has 0 aromatic heterocycles. The lowest BCUT2D eigenvalue weighted by Crippen LogP contribution is -2.30. The number of piperidine rings is 1. The highest BCUT2D eigenvalue weighted by atomic mass is 16.5. The quantitative estimate of drug-likeness (QED) is 0.891. The zero-order valence-corrected chi connectivity index (χ0v) is 13.1. The molecule has 0 amide bonds. The fourth-order valence-electron chi connectivity index (χ4n) is 2.97. The summed E-state index contributed by atoms with van der Waals surface area (Å²) < 4.78 is 5.55. The van der Waals surface area contributed by atoms with Gasteiger partial charge in [0.1, 0.15) is 11.5 Å². The lowest BCUT2D eigenvalue weighted by molar-refractivity contribution is 0.361. The van der Waals surface area contributed by atoms with Crippen molar-refractivity contribution < 1.29 is 9.84 Å². The number of phenolic OH excluding ortho intramolecular Hbond substituents is 1. The maximum atomic E-state index is 10.3. The Labute approximate surface area is 122 Å². The van der Waals surface area contributed by atoms with E-state index in [1.165, 1.54) is 12.8 Å². The minimum Gasteiger partial charge on any atom is -0.508 e. The van der Waals surface area contributed by atoms with Crippen LogP contribution in [0.5, 0.6) is 11.5 Å². The third-order valence-electron chi connectivity index (χ3n) is 4.11. The van der Waals surface area contributed by atoms with Crippen LogP contribution in [-0.2, 0) is 11.8 Å². The van der Waals surface area contributed by atoms with E-state index in [1.807, 2.05) is 12.1 Å². The summed E-state index contributed by atoms with van der Waals surface area (Å²) in [5.41, 5.74) is 1.98. The van der Waals surface area contributed by atoms with Crippen molar-refractivity contribution in [2.75, 3.05) is 20.2 Å². The maximum absolute atomic E-state index is 10.3. The first-order valence-corrected chi connectivity index (χ1v) is 7.53. The van der Waals surface area contributed by atoms with Crippen molar-refractivity contribution in [1.29, 1.82) is 0 Å². The largest absolute Gasteiger partial charge is 0.508 e. The topological polar surface area (TPSA) is 41.5 Å². The molecular formula is C17H27NO2. The molecule has 1 aliphatic heterocycles. The van der Waals surface area contributed by atoms with Crippen LogP contribution in [0.4, 0.5) is 0 Å². The molecule has 112 valence electrons. The molecule has 0 aliphatic carbocycles. The van der Waals surface area contributed by atoms with Gasteiger partial charge in [0, 0.05) is 5.56 Å². The molecule has 1 heterocycles. The Bertz CT molecular complexity index is 457. The first-order valence-electron chi connectivity index (χ1n) is 7.53. The summed E-state index contributed by atoms with van der Waals surface area (Å²) in [4.78, 5) is 0. The van der Waals surface area contributed by atoms with Crippen LogP contribution >= 0.6 is 0 Å². The molecule has 1 atom stereocenters. The summed E-state index contributed by atoms with van der Waals surface area (Å²) in [6, 6.07) is 3.90. The SMILES string of the molecule is COc1cc(C(C)(C)C)c(O)cc1CC1CCCNC1. The molecule has 1 aromatic rings. The Morgan fingerprint density at radius 1 is 1.35 bits per heavy atom. The standard InChI is InChI=1S/C17H27NO2/c1-17(2,3)14-10-16(20-4)13(9-15(14)19)8-12-6-5-7-18-11-12/h9-10,12,18-19H,5-8,11H2,1-4H3. The highest BCUT2D eigenvalue weighted by Gasteiger charge is 2.22. The molecule has 0 radical (unpaired) electrons. The van der Waals surface area contributed by atoms with Crippen LogP contribution in [0.2, 0.25) is 0 Å². The average molecular weight is 277 g/mol. The van der Waals surface area contributed by atoms with Crippen molar-refractivity contribution in [3.63, 3.8) is 0 Å². The van der Waals surface area contributed by atoms with Crippen LogP contribution in [0.1, 0.15) is 44.7 Å². The molecule has 0 spiro atoms. The zero-order valence-electron chi connectivity index (χ0n) is 13.1. The third kappa shape index (κ3) is 3.45. The summed E-state index contributed by atoms with van der Waals surface area (Å²) in [6.45, 7) is 8.50. The highest BCUT2D eigenvalue weighted by molar-refractivity contribution is 5.48. The van der Waals surface area contributed by atoms with E-state index in [-0.39, 0.29) is 5.41 Å². The normalized spacial score (nSPS) is 19.9. The maximum Gasteiger partial charge on any atom is 0.122 e. The zero-order chi connectivity index (χ0) is 14.8. The number of nitrogens with one attached hydrogen (secondary N) is 1. The Balaban J connectivity index is 2.26. The second-order valence-corrected chi connectivity index (χ2v) is 6.85. The fourth-order valence-corrected chi connectivity index (χ4v) is 2.97. The molecule has 0 bridgehead atoms. The van der Waals surface area contributed by atoms with Crippen molar-refractivity contribution in [2.24, 2.45) is 5.92 Å². The van der Waals surface area contributed by atoms with Gasteiger partial charge >= 0.3 is 0 Å². The molecule has 1 aliphatic rings. The van der Waals surface area contributed by atoms with Crippen LogP contribution in [0.25, 0.3) is 0 Å². The summed E-state index contributed by atoms with van der Waals surface area (Å²) in [5.74, 6) is 1.92. The highest BCUT2D eigenvalue weighted by Crippen LogP contribution is 2.37. The summed E-state index contributed by atoms with van der Waals surface area (Å²) in [6.07, 6.45) is 3.45. The number of benzene rings is 1. The molecule has 2 rings (SSSR count). The van der Waals surface area contributed by atoms with Crippen LogP contribution in [-0.4, -0.2) is 25.3 Å². The molecule has 3 heteroatoms. The van der Waals surface area contributed by atoms with Gasteiger partial charge in [-0.05, 0) is 61.4 Å². The van der Waals surface area contributed by atoms with Crippen molar-refractivity contribution >= 4 is 0 Å². The second-order valence-electron chi connectivity index (χ2n) is 6.85. The first kappa shape index (κ1) is 15.2. The minimum absolute atomic E-state index is 0.0811. The number of hydrogen-bond donors (Lipinski definition) is 2. The smallest absolute Gasteiger partial charge is 0.122 e. The molecule has 3 nitrogen and oxygen atoms in total.